The standard InChI is InChI=1S/C15H25N3O/c1-11-8-14(12(2)16-11)15(19)10-18-7-5-6-13(9-18)17(3)4/h8,13,16H,5-7,9-10H2,1-4H3. The lowest BCUT2D eigenvalue weighted by molar-refractivity contribution is 0.0852. The van der Waals surface area contributed by atoms with Crippen molar-refractivity contribution in [3.63, 3.8) is 0 Å². The Kier molecular flexibility index (Phi) is 4.42. The van der Waals surface area contributed by atoms with Crippen molar-refractivity contribution in [1.82, 2.24) is 14.8 Å². The third-order valence-electron chi connectivity index (χ3n) is 4.03. The first-order valence-electron chi connectivity index (χ1n) is 7.05. The number of hydrogen-bond donors (Lipinski definition) is 1. The Morgan fingerprint density at radius 2 is 2.21 bits per heavy atom. The van der Waals surface area contributed by atoms with Crippen molar-refractivity contribution in [3.05, 3.63) is 23.0 Å². The molecule has 1 saturated heterocycles. The molecule has 2 heterocycles. The first-order valence-corrected chi connectivity index (χ1v) is 7.05. The lowest BCUT2D eigenvalue weighted by atomic mass is 10.0. The summed E-state index contributed by atoms with van der Waals surface area (Å²) in [5, 5.41) is 0. The summed E-state index contributed by atoms with van der Waals surface area (Å²) in [6.07, 6.45) is 2.42. The van der Waals surface area contributed by atoms with E-state index in [2.05, 4.69) is 28.9 Å². The van der Waals surface area contributed by atoms with Crippen LogP contribution < -0.4 is 0 Å². The van der Waals surface area contributed by atoms with Gasteiger partial charge in [0.25, 0.3) is 0 Å². The van der Waals surface area contributed by atoms with Crippen molar-refractivity contribution in [1.29, 1.82) is 0 Å². The molecule has 4 nitrogen and oxygen atoms in total. The molecule has 1 aromatic rings. The van der Waals surface area contributed by atoms with Gasteiger partial charge in [-0.2, -0.15) is 0 Å². The van der Waals surface area contributed by atoms with Gasteiger partial charge in [0.05, 0.1) is 6.54 Å². The molecular formula is C15H25N3O. The van der Waals surface area contributed by atoms with Crippen LogP contribution in [0.25, 0.3) is 0 Å². The number of H-pyrrole nitrogens is 1. The Hall–Kier alpha value is -1.13. The van der Waals surface area contributed by atoms with Crippen molar-refractivity contribution < 1.29 is 4.79 Å². The molecule has 1 unspecified atom stereocenters. The molecule has 0 aromatic carbocycles. The predicted octanol–water partition coefficient (Wildman–Crippen LogP) is 1.84. The van der Waals surface area contributed by atoms with E-state index in [9.17, 15) is 4.79 Å². The zero-order chi connectivity index (χ0) is 14.0. The van der Waals surface area contributed by atoms with E-state index in [1.165, 1.54) is 12.8 Å². The van der Waals surface area contributed by atoms with Gasteiger partial charge in [-0.05, 0) is 53.4 Å². The van der Waals surface area contributed by atoms with Gasteiger partial charge < -0.3 is 9.88 Å². The largest absolute Gasteiger partial charge is 0.362 e. The number of aryl methyl sites for hydroxylation is 2. The molecule has 0 spiro atoms. The highest BCUT2D eigenvalue weighted by atomic mass is 16.1. The Labute approximate surface area is 115 Å². The molecule has 1 fully saturated rings. The van der Waals surface area contributed by atoms with Gasteiger partial charge in [-0.3, -0.25) is 9.69 Å². The molecule has 0 bridgehead atoms. The van der Waals surface area contributed by atoms with Crippen molar-refractivity contribution in [2.24, 2.45) is 0 Å². The molecule has 0 aliphatic carbocycles. The van der Waals surface area contributed by atoms with Crippen LogP contribution in [0, 0.1) is 13.8 Å². The third kappa shape index (κ3) is 3.45. The summed E-state index contributed by atoms with van der Waals surface area (Å²) in [6, 6.07) is 2.54. The summed E-state index contributed by atoms with van der Waals surface area (Å²) in [6.45, 7) is 6.55. The smallest absolute Gasteiger partial charge is 0.178 e. The zero-order valence-electron chi connectivity index (χ0n) is 12.5. The number of nitrogens with one attached hydrogen (secondary N) is 1. The van der Waals surface area contributed by atoms with Gasteiger partial charge in [0.15, 0.2) is 5.78 Å². The van der Waals surface area contributed by atoms with Crippen LogP contribution >= 0.6 is 0 Å². The summed E-state index contributed by atoms with van der Waals surface area (Å²) < 4.78 is 0. The number of aromatic amines is 1. The maximum Gasteiger partial charge on any atom is 0.178 e. The van der Waals surface area contributed by atoms with Crippen LogP contribution in [0.15, 0.2) is 6.07 Å². The average Bonchev–Trinajstić information content (AvgIpc) is 2.69. The summed E-state index contributed by atoms with van der Waals surface area (Å²) in [7, 11) is 4.24. The number of hydrogen-bond acceptors (Lipinski definition) is 3. The number of carbonyl (C=O) groups is 1. The van der Waals surface area contributed by atoms with E-state index in [0.717, 1.165) is 30.0 Å². The van der Waals surface area contributed by atoms with E-state index >= 15 is 0 Å². The summed E-state index contributed by atoms with van der Waals surface area (Å²) >= 11 is 0. The van der Waals surface area contributed by atoms with Crippen LogP contribution in [0.4, 0.5) is 0 Å². The maximum atomic E-state index is 12.3. The average molecular weight is 263 g/mol. The van der Waals surface area contributed by atoms with Crippen molar-refractivity contribution in [3.8, 4) is 0 Å². The number of carbonyl (C=O) groups excluding carboxylic acids is 1. The fourth-order valence-corrected chi connectivity index (χ4v) is 2.90. The Morgan fingerprint density at radius 1 is 1.47 bits per heavy atom. The Bertz CT molecular complexity index is 450. The minimum atomic E-state index is 0.237. The summed E-state index contributed by atoms with van der Waals surface area (Å²) in [5.41, 5.74) is 2.90. The number of ketones is 1. The number of aromatic nitrogens is 1. The van der Waals surface area contributed by atoms with Crippen LogP contribution in [0.2, 0.25) is 0 Å². The van der Waals surface area contributed by atoms with Gasteiger partial charge in [0, 0.05) is 29.5 Å². The second-order valence-electron chi connectivity index (χ2n) is 5.91. The number of likely N-dealkylation sites (tertiary alicyclic amines) is 1. The SMILES string of the molecule is Cc1cc(C(=O)CN2CCCC(N(C)C)C2)c(C)[nH]1. The van der Waals surface area contributed by atoms with Crippen LogP contribution in [0.5, 0.6) is 0 Å². The number of Topliss-reactive ketones (excluding diaryl/α,β-unsaturated/α-hetero) is 1. The maximum absolute atomic E-state index is 12.3. The van der Waals surface area contributed by atoms with E-state index < -0.39 is 0 Å². The highest BCUT2D eigenvalue weighted by Crippen LogP contribution is 2.16. The van der Waals surface area contributed by atoms with Crippen molar-refractivity contribution in [2.45, 2.75) is 32.7 Å². The van der Waals surface area contributed by atoms with Gasteiger partial charge in [-0.25, -0.2) is 0 Å². The van der Waals surface area contributed by atoms with Crippen LogP contribution in [0.3, 0.4) is 0 Å². The molecule has 1 aromatic heterocycles. The third-order valence-corrected chi connectivity index (χ3v) is 4.03. The minimum Gasteiger partial charge on any atom is -0.362 e. The van der Waals surface area contributed by atoms with Gasteiger partial charge >= 0.3 is 0 Å². The molecule has 1 atom stereocenters. The first kappa shape index (κ1) is 14.3. The second kappa shape index (κ2) is 5.88. The van der Waals surface area contributed by atoms with Gasteiger partial charge in [0.2, 0.25) is 0 Å². The second-order valence-corrected chi connectivity index (χ2v) is 5.91. The number of nitrogens with zero attached hydrogens (tertiary/aromatic N) is 2. The minimum absolute atomic E-state index is 0.237. The summed E-state index contributed by atoms with van der Waals surface area (Å²) in [5.74, 6) is 0.237. The Morgan fingerprint density at radius 3 is 2.79 bits per heavy atom. The van der Waals surface area contributed by atoms with Crippen LogP contribution in [-0.4, -0.2) is 60.3 Å². The highest BCUT2D eigenvalue weighted by Gasteiger charge is 2.23. The molecule has 1 N–H and O–H groups in total. The van der Waals surface area contributed by atoms with E-state index in [0.29, 0.717) is 12.6 Å². The summed E-state index contributed by atoms with van der Waals surface area (Å²) in [4.78, 5) is 20.1. The van der Waals surface area contributed by atoms with Crippen molar-refractivity contribution >= 4 is 5.78 Å². The van der Waals surface area contributed by atoms with Crippen LogP contribution in [-0.2, 0) is 0 Å². The van der Waals surface area contributed by atoms with E-state index in [-0.39, 0.29) is 5.78 Å². The first-order chi connectivity index (χ1) is 8.97. The Balaban J connectivity index is 1.97. The quantitative estimate of drug-likeness (QED) is 0.843. The fourth-order valence-electron chi connectivity index (χ4n) is 2.90. The van der Waals surface area contributed by atoms with Gasteiger partial charge in [-0.1, -0.05) is 0 Å². The number of rotatable bonds is 4. The zero-order valence-corrected chi connectivity index (χ0v) is 12.5. The molecule has 0 amide bonds. The van der Waals surface area contributed by atoms with Gasteiger partial charge in [0.1, 0.15) is 0 Å². The topological polar surface area (TPSA) is 39.3 Å². The molecule has 1 aliphatic heterocycles. The molecule has 1 aliphatic rings. The predicted molar refractivity (Wildman–Crippen MR) is 77.7 cm³/mol. The van der Waals surface area contributed by atoms with Gasteiger partial charge in [-0.15, -0.1) is 0 Å². The molecule has 2 rings (SSSR count). The molecule has 19 heavy (non-hydrogen) atoms. The van der Waals surface area contributed by atoms with E-state index in [4.69, 9.17) is 0 Å². The molecular weight excluding hydrogens is 238 g/mol. The molecule has 106 valence electrons. The lowest BCUT2D eigenvalue weighted by Gasteiger charge is -2.35. The number of piperidine rings is 1. The lowest BCUT2D eigenvalue weighted by Crippen LogP contribution is -2.46. The monoisotopic (exact) mass is 263 g/mol. The molecule has 4 heteroatoms. The number of likely N-dealkylation sites (N-methyl/N-ethyl adjacent to an activating group) is 1. The normalized spacial score (nSPS) is 21.0. The van der Waals surface area contributed by atoms with Crippen LogP contribution in [0.1, 0.15) is 34.6 Å². The van der Waals surface area contributed by atoms with E-state index in [1.807, 2.05) is 19.9 Å². The van der Waals surface area contributed by atoms with Crippen molar-refractivity contribution in [2.75, 3.05) is 33.7 Å². The fraction of sp³-hybridized carbons (Fsp3) is 0.667. The van der Waals surface area contributed by atoms with E-state index in [1.54, 1.807) is 0 Å². The molecule has 0 saturated carbocycles. The molecule has 0 radical (unpaired) electrons. The highest BCUT2D eigenvalue weighted by molar-refractivity contribution is 5.98.